The maximum absolute atomic E-state index is 4.68. The number of imidazole rings is 1. The molecule has 4 nitrogen and oxygen atoms in total. The lowest BCUT2D eigenvalue weighted by atomic mass is 10.2. The fourth-order valence-electron chi connectivity index (χ4n) is 2.45. The number of benzene rings is 1. The number of rotatable bonds is 3. The van der Waals surface area contributed by atoms with Crippen molar-refractivity contribution in [1.29, 1.82) is 0 Å². The van der Waals surface area contributed by atoms with Crippen LogP contribution in [0.3, 0.4) is 0 Å². The van der Waals surface area contributed by atoms with Gasteiger partial charge in [-0.05, 0) is 36.1 Å². The van der Waals surface area contributed by atoms with Crippen LogP contribution in [-0.4, -0.2) is 14.4 Å². The monoisotopic (exact) mass is 306 g/mol. The fraction of sp³-hybridized carbons (Fsp3) is 0.0588. The van der Waals surface area contributed by atoms with E-state index in [0.717, 1.165) is 22.8 Å². The van der Waals surface area contributed by atoms with Crippen LogP contribution in [0.25, 0.3) is 17.0 Å². The number of nitrogens with one attached hydrogen (secondary N) is 1. The van der Waals surface area contributed by atoms with Gasteiger partial charge in [0, 0.05) is 29.0 Å². The van der Waals surface area contributed by atoms with E-state index in [4.69, 9.17) is 0 Å². The second kappa shape index (κ2) is 5.27. The van der Waals surface area contributed by atoms with Crippen LogP contribution in [0.1, 0.15) is 5.56 Å². The van der Waals surface area contributed by atoms with E-state index in [9.17, 15) is 0 Å². The lowest BCUT2D eigenvalue weighted by Crippen LogP contribution is -1.98. The molecule has 0 saturated heterocycles. The quantitative estimate of drug-likeness (QED) is 0.605. The molecule has 0 atom stereocenters. The zero-order chi connectivity index (χ0) is 14.9. The SMILES string of the molecule is Cc1ccccc1Nc1c(-c2ccsc2)nc2ncccn12. The molecule has 0 amide bonds. The van der Waals surface area contributed by atoms with Gasteiger partial charge in [-0.3, -0.25) is 4.40 Å². The average molecular weight is 306 g/mol. The average Bonchev–Trinajstić information content (AvgIpc) is 3.17. The molecule has 3 aromatic heterocycles. The third-order valence-electron chi connectivity index (χ3n) is 3.60. The van der Waals surface area contributed by atoms with Crippen LogP contribution in [-0.2, 0) is 0 Å². The van der Waals surface area contributed by atoms with E-state index in [1.54, 1.807) is 17.5 Å². The molecule has 1 aromatic carbocycles. The molecule has 22 heavy (non-hydrogen) atoms. The predicted octanol–water partition coefficient (Wildman–Crippen LogP) is 4.51. The van der Waals surface area contributed by atoms with Crippen molar-refractivity contribution in [3.05, 3.63) is 65.1 Å². The molecule has 0 fully saturated rings. The minimum absolute atomic E-state index is 0.694. The lowest BCUT2D eigenvalue weighted by Gasteiger charge is -2.10. The van der Waals surface area contributed by atoms with Crippen molar-refractivity contribution < 1.29 is 0 Å². The summed E-state index contributed by atoms with van der Waals surface area (Å²) in [6.07, 6.45) is 3.74. The Bertz CT molecular complexity index is 925. The standard InChI is InChI=1S/C17H14N4S/c1-12-5-2-3-6-14(12)19-16-15(13-7-10-22-11-13)20-17-18-8-4-9-21(16)17/h2-11,19H,1H3. The van der Waals surface area contributed by atoms with Crippen LogP contribution in [0, 0.1) is 6.92 Å². The summed E-state index contributed by atoms with van der Waals surface area (Å²) in [5.74, 6) is 1.63. The minimum atomic E-state index is 0.694. The summed E-state index contributed by atoms with van der Waals surface area (Å²) in [7, 11) is 0. The Labute approximate surface area is 132 Å². The van der Waals surface area contributed by atoms with Gasteiger partial charge in [-0.15, -0.1) is 0 Å². The molecule has 0 bridgehead atoms. The number of fused-ring (bicyclic) bond motifs is 1. The Hall–Kier alpha value is -2.66. The number of hydrogen-bond acceptors (Lipinski definition) is 4. The van der Waals surface area contributed by atoms with Crippen LogP contribution >= 0.6 is 11.3 Å². The van der Waals surface area contributed by atoms with Crippen LogP contribution < -0.4 is 5.32 Å². The van der Waals surface area contributed by atoms with E-state index in [1.807, 2.05) is 28.8 Å². The number of nitrogens with zero attached hydrogens (tertiary/aromatic N) is 3. The maximum Gasteiger partial charge on any atom is 0.235 e. The Balaban J connectivity index is 1.91. The van der Waals surface area contributed by atoms with E-state index >= 15 is 0 Å². The first kappa shape index (κ1) is 13.0. The minimum Gasteiger partial charge on any atom is -0.339 e. The number of anilines is 2. The maximum atomic E-state index is 4.68. The van der Waals surface area contributed by atoms with Crippen molar-refractivity contribution in [1.82, 2.24) is 14.4 Å². The molecule has 0 aliphatic heterocycles. The molecule has 3 heterocycles. The van der Waals surface area contributed by atoms with Gasteiger partial charge in [-0.1, -0.05) is 18.2 Å². The Morgan fingerprint density at radius 1 is 1.14 bits per heavy atom. The second-order valence-electron chi connectivity index (χ2n) is 5.05. The van der Waals surface area contributed by atoms with Gasteiger partial charge in [-0.25, -0.2) is 9.97 Å². The molecule has 4 aromatic rings. The van der Waals surface area contributed by atoms with Crippen molar-refractivity contribution in [2.24, 2.45) is 0 Å². The fourth-order valence-corrected chi connectivity index (χ4v) is 3.09. The summed E-state index contributed by atoms with van der Waals surface area (Å²) in [4.78, 5) is 9.03. The zero-order valence-corrected chi connectivity index (χ0v) is 12.8. The number of hydrogen-bond donors (Lipinski definition) is 1. The second-order valence-corrected chi connectivity index (χ2v) is 5.83. The van der Waals surface area contributed by atoms with Gasteiger partial charge in [0.1, 0.15) is 11.5 Å². The topological polar surface area (TPSA) is 42.2 Å². The van der Waals surface area contributed by atoms with Crippen molar-refractivity contribution in [2.75, 3.05) is 5.32 Å². The first-order valence-electron chi connectivity index (χ1n) is 7.01. The molecule has 0 radical (unpaired) electrons. The lowest BCUT2D eigenvalue weighted by molar-refractivity contribution is 1.11. The molecular weight excluding hydrogens is 292 g/mol. The Morgan fingerprint density at radius 2 is 2.05 bits per heavy atom. The molecule has 0 unspecified atom stereocenters. The highest BCUT2D eigenvalue weighted by atomic mass is 32.1. The van der Waals surface area contributed by atoms with E-state index in [-0.39, 0.29) is 0 Å². The van der Waals surface area contributed by atoms with Gasteiger partial charge in [-0.2, -0.15) is 11.3 Å². The first-order chi connectivity index (χ1) is 10.8. The van der Waals surface area contributed by atoms with E-state index < -0.39 is 0 Å². The van der Waals surface area contributed by atoms with Crippen molar-refractivity contribution in [3.8, 4) is 11.3 Å². The third kappa shape index (κ3) is 2.16. The highest BCUT2D eigenvalue weighted by Crippen LogP contribution is 2.32. The normalized spacial score (nSPS) is 11.0. The first-order valence-corrected chi connectivity index (χ1v) is 7.95. The summed E-state index contributed by atoms with van der Waals surface area (Å²) in [5, 5.41) is 7.68. The molecule has 0 saturated carbocycles. The summed E-state index contributed by atoms with van der Waals surface area (Å²) in [6.45, 7) is 2.09. The summed E-state index contributed by atoms with van der Waals surface area (Å²) >= 11 is 1.67. The summed E-state index contributed by atoms with van der Waals surface area (Å²) in [6, 6.07) is 12.2. The third-order valence-corrected chi connectivity index (χ3v) is 4.28. The van der Waals surface area contributed by atoms with Crippen molar-refractivity contribution in [2.45, 2.75) is 6.92 Å². The number of thiophene rings is 1. The summed E-state index contributed by atoms with van der Waals surface area (Å²) in [5.41, 5.74) is 4.29. The molecule has 0 spiro atoms. The molecular formula is C17H14N4S. The molecule has 0 aliphatic carbocycles. The van der Waals surface area contributed by atoms with Gasteiger partial charge >= 0.3 is 0 Å². The van der Waals surface area contributed by atoms with Crippen LogP contribution in [0.2, 0.25) is 0 Å². The smallest absolute Gasteiger partial charge is 0.235 e. The predicted molar refractivity (Wildman–Crippen MR) is 90.8 cm³/mol. The molecule has 5 heteroatoms. The zero-order valence-electron chi connectivity index (χ0n) is 12.0. The largest absolute Gasteiger partial charge is 0.339 e. The van der Waals surface area contributed by atoms with E-state index in [2.05, 4.69) is 51.2 Å². The molecule has 108 valence electrons. The Morgan fingerprint density at radius 3 is 2.86 bits per heavy atom. The van der Waals surface area contributed by atoms with Gasteiger partial charge in [0.2, 0.25) is 5.78 Å². The Kier molecular flexibility index (Phi) is 3.12. The molecule has 0 aliphatic rings. The van der Waals surface area contributed by atoms with Crippen LogP contribution in [0.5, 0.6) is 0 Å². The van der Waals surface area contributed by atoms with Gasteiger partial charge in [0.05, 0.1) is 0 Å². The van der Waals surface area contributed by atoms with Crippen molar-refractivity contribution >= 4 is 28.6 Å². The van der Waals surface area contributed by atoms with Gasteiger partial charge < -0.3 is 5.32 Å². The van der Waals surface area contributed by atoms with Gasteiger partial charge in [0.25, 0.3) is 0 Å². The molecule has 1 N–H and O–H groups in total. The molecule has 4 rings (SSSR count). The summed E-state index contributed by atoms with van der Waals surface area (Å²) < 4.78 is 1.99. The van der Waals surface area contributed by atoms with Gasteiger partial charge in [0.15, 0.2) is 0 Å². The number of para-hydroxylation sites is 1. The van der Waals surface area contributed by atoms with E-state index in [1.165, 1.54) is 5.56 Å². The highest BCUT2D eigenvalue weighted by molar-refractivity contribution is 7.08. The number of aromatic nitrogens is 3. The number of aryl methyl sites for hydroxylation is 1. The van der Waals surface area contributed by atoms with E-state index in [0.29, 0.717) is 5.78 Å². The highest BCUT2D eigenvalue weighted by Gasteiger charge is 2.15. The van der Waals surface area contributed by atoms with Crippen molar-refractivity contribution in [3.63, 3.8) is 0 Å². The van der Waals surface area contributed by atoms with Crippen LogP contribution in [0.15, 0.2) is 59.6 Å². The van der Waals surface area contributed by atoms with Crippen LogP contribution in [0.4, 0.5) is 11.5 Å².